The summed E-state index contributed by atoms with van der Waals surface area (Å²) in [5.74, 6) is 0. The highest BCUT2D eigenvalue weighted by Crippen LogP contribution is 2.44. The highest BCUT2D eigenvalue weighted by atomic mass is 32.2. The lowest BCUT2D eigenvalue weighted by Gasteiger charge is -2.10. The third kappa shape index (κ3) is 4.32. The monoisotopic (exact) mass is 283 g/mol. The van der Waals surface area contributed by atoms with E-state index in [4.69, 9.17) is 0 Å². The summed E-state index contributed by atoms with van der Waals surface area (Å²) >= 11 is 0. The molecule has 0 N–H and O–H groups in total. The van der Waals surface area contributed by atoms with Gasteiger partial charge < -0.3 is 0 Å². The molecule has 0 aliphatic heterocycles. The van der Waals surface area contributed by atoms with E-state index in [0.717, 1.165) is 0 Å². The molecule has 0 heterocycles. The number of alkyl halides is 3. The molecule has 96 valence electrons. The van der Waals surface area contributed by atoms with Gasteiger partial charge >= 0.3 is 29.3 Å². The molecule has 10 heteroatoms. The molecule has 0 fully saturated rings. The molecule has 0 saturated heterocycles. The van der Waals surface area contributed by atoms with Crippen LogP contribution in [0, 0.1) is 0 Å². The lowest BCUT2D eigenvalue weighted by atomic mass is 10.8. The molecule has 0 spiro atoms. The maximum Gasteiger partial charge on any atom is 0.540 e. The lowest BCUT2D eigenvalue weighted by Crippen LogP contribution is -2.35. The Kier molecular flexibility index (Phi) is 5.81. The van der Waals surface area contributed by atoms with E-state index in [9.17, 15) is 26.2 Å². The van der Waals surface area contributed by atoms with Gasteiger partial charge in [-0.3, -0.25) is 4.18 Å². The van der Waals surface area contributed by atoms with Crippen molar-refractivity contribution in [1.29, 1.82) is 0 Å². The van der Waals surface area contributed by atoms with Gasteiger partial charge in [0.05, 0.1) is 13.2 Å². The smallest absolute Gasteiger partial charge is 0.267 e. The van der Waals surface area contributed by atoms with Crippen molar-refractivity contribution in [3.63, 3.8) is 0 Å². The maximum absolute atomic E-state index is 12.4. The minimum atomic E-state index is -5.20. The van der Waals surface area contributed by atoms with Crippen LogP contribution in [0.4, 0.5) is 13.2 Å². The van der Waals surface area contributed by atoms with Crippen molar-refractivity contribution in [3.05, 3.63) is 0 Å². The average molecular weight is 283 g/mol. The van der Waals surface area contributed by atoms with Crippen molar-refractivity contribution < 1.29 is 34.9 Å². The Morgan fingerprint density at radius 2 is 1.75 bits per heavy atom. The third-order valence-corrected chi connectivity index (χ3v) is 5.14. The Hall–Kier alpha value is -0.240. The highest BCUT2D eigenvalue weighted by molar-refractivity contribution is 7.93. The van der Waals surface area contributed by atoms with E-state index >= 15 is 0 Å². The summed E-state index contributed by atoms with van der Waals surface area (Å²) in [5, 5.41) is 0. The van der Waals surface area contributed by atoms with Crippen LogP contribution in [0.2, 0.25) is 0 Å². The van der Waals surface area contributed by atoms with E-state index in [2.05, 4.69) is 8.71 Å². The van der Waals surface area contributed by atoms with Crippen molar-refractivity contribution in [2.75, 3.05) is 13.2 Å². The van der Waals surface area contributed by atoms with Crippen molar-refractivity contribution in [1.82, 2.24) is 0 Å². The summed E-state index contributed by atoms with van der Waals surface area (Å²) in [6, 6.07) is 0. The average Bonchev–Trinajstić information content (AvgIpc) is 1.99. The summed E-state index contributed by atoms with van der Waals surface area (Å²) in [7, 11) is -8.40. The van der Waals surface area contributed by atoms with Crippen LogP contribution < -0.4 is 0 Å². The second-order valence-corrected chi connectivity index (χ2v) is 5.88. The summed E-state index contributed by atoms with van der Waals surface area (Å²) in [5.41, 5.74) is 0. The molecule has 0 aromatic heterocycles. The van der Waals surface area contributed by atoms with Crippen LogP contribution in [0.15, 0.2) is 0 Å². The normalized spacial score (nSPS) is 15.9. The van der Waals surface area contributed by atoms with Gasteiger partial charge in [0.2, 0.25) is 0 Å². The molecular formula is C6H11F3O5PS+. The predicted molar refractivity (Wildman–Crippen MR) is 49.6 cm³/mol. The molecule has 0 radical (unpaired) electrons. The van der Waals surface area contributed by atoms with E-state index in [-0.39, 0.29) is 6.61 Å². The largest absolute Gasteiger partial charge is 0.540 e. The van der Waals surface area contributed by atoms with Gasteiger partial charge in [-0.25, -0.2) is 0 Å². The SMILES string of the molecule is CCO[P+](=O)C(C(F)(F)F)S(=O)(=O)OCC. The van der Waals surface area contributed by atoms with E-state index in [0.29, 0.717) is 0 Å². The second kappa shape index (κ2) is 5.90. The fourth-order valence-electron chi connectivity index (χ4n) is 0.812. The Morgan fingerprint density at radius 1 is 1.25 bits per heavy atom. The van der Waals surface area contributed by atoms with E-state index < -0.39 is 35.9 Å². The van der Waals surface area contributed by atoms with Crippen LogP contribution in [-0.2, 0) is 23.4 Å². The first-order valence-corrected chi connectivity index (χ1v) is 6.92. The fourth-order valence-corrected chi connectivity index (χ4v) is 3.43. The minimum Gasteiger partial charge on any atom is -0.267 e. The summed E-state index contributed by atoms with van der Waals surface area (Å²) < 4.78 is 78.6. The fraction of sp³-hybridized carbons (Fsp3) is 1.00. The zero-order chi connectivity index (χ0) is 13.0. The number of hydrogen-bond acceptors (Lipinski definition) is 5. The Labute approximate surface area is 91.9 Å². The van der Waals surface area contributed by atoms with Crippen molar-refractivity contribution >= 4 is 18.1 Å². The van der Waals surface area contributed by atoms with Crippen LogP contribution in [0.1, 0.15) is 13.8 Å². The van der Waals surface area contributed by atoms with Gasteiger partial charge in [-0.2, -0.15) is 21.6 Å². The maximum atomic E-state index is 12.4. The molecule has 0 aromatic rings. The van der Waals surface area contributed by atoms with Gasteiger partial charge in [-0.1, -0.05) is 0 Å². The van der Waals surface area contributed by atoms with Gasteiger partial charge in [0.1, 0.15) is 0 Å². The molecule has 0 aromatic carbocycles. The van der Waals surface area contributed by atoms with Crippen molar-refractivity contribution in [3.8, 4) is 0 Å². The number of halogens is 3. The van der Waals surface area contributed by atoms with Crippen LogP contribution in [0.3, 0.4) is 0 Å². The standard InChI is InChI=1S/C6H11F3O5PS/c1-3-13-15(10)5(6(7,8)9)16(11,12)14-4-2/h5H,3-4H2,1-2H3/q+1. The molecule has 5 nitrogen and oxygen atoms in total. The molecule has 0 bridgehead atoms. The van der Waals surface area contributed by atoms with Crippen LogP contribution in [0.25, 0.3) is 0 Å². The second-order valence-electron chi connectivity index (χ2n) is 2.50. The van der Waals surface area contributed by atoms with E-state index in [1.807, 2.05) is 0 Å². The van der Waals surface area contributed by atoms with Crippen molar-refractivity contribution in [2.45, 2.75) is 25.0 Å². The Bertz CT molecular complexity index is 339. The Morgan fingerprint density at radius 3 is 2.06 bits per heavy atom. The van der Waals surface area contributed by atoms with E-state index in [1.54, 1.807) is 0 Å². The van der Waals surface area contributed by atoms with Gasteiger partial charge in [0, 0.05) is 0 Å². The molecule has 0 aliphatic rings. The molecule has 2 atom stereocenters. The zero-order valence-electron chi connectivity index (χ0n) is 8.52. The van der Waals surface area contributed by atoms with Gasteiger partial charge in [-0.15, -0.1) is 4.52 Å². The summed E-state index contributed by atoms with van der Waals surface area (Å²) in [6.45, 7) is 1.75. The van der Waals surface area contributed by atoms with Crippen molar-refractivity contribution in [2.24, 2.45) is 0 Å². The molecule has 0 rings (SSSR count). The molecule has 0 saturated carbocycles. The third-order valence-electron chi connectivity index (χ3n) is 1.28. The molecule has 0 aliphatic carbocycles. The topological polar surface area (TPSA) is 69.7 Å². The number of rotatable bonds is 6. The molecule has 0 amide bonds. The molecule has 2 unspecified atom stereocenters. The predicted octanol–water partition coefficient (Wildman–Crippen LogP) is 2.02. The van der Waals surface area contributed by atoms with Gasteiger partial charge in [0.15, 0.2) is 0 Å². The first kappa shape index (κ1) is 15.8. The van der Waals surface area contributed by atoms with Gasteiger partial charge in [-0.05, 0) is 18.4 Å². The number of hydrogen-bond donors (Lipinski definition) is 0. The van der Waals surface area contributed by atoms with Crippen LogP contribution >= 0.6 is 8.03 Å². The first-order valence-electron chi connectivity index (χ1n) is 4.21. The Balaban J connectivity index is 5.19. The quantitative estimate of drug-likeness (QED) is 0.551. The zero-order valence-corrected chi connectivity index (χ0v) is 10.2. The van der Waals surface area contributed by atoms with E-state index in [1.165, 1.54) is 13.8 Å². The molecule has 16 heavy (non-hydrogen) atoms. The first-order chi connectivity index (χ1) is 7.16. The van der Waals surface area contributed by atoms with Crippen LogP contribution in [-0.4, -0.2) is 32.8 Å². The van der Waals surface area contributed by atoms with Gasteiger partial charge in [0.25, 0.3) is 0 Å². The summed E-state index contributed by atoms with van der Waals surface area (Å²) in [4.78, 5) is -3.14. The highest BCUT2D eigenvalue weighted by Gasteiger charge is 2.64. The molecular weight excluding hydrogens is 272 g/mol. The lowest BCUT2D eigenvalue weighted by molar-refractivity contribution is -0.117. The minimum absolute atomic E-state index is 0.288. The summed E-state index contributed by atoms with van der Waals surface area (Å²) in [6.07, 6.45) is -5.20. The van der Waals surface area contributed by atoms with Crippen LogP contribution in [0.5, 0.6) is 0 Å².